The standard InChI is InChI=1S/C17H26O3/c1-12-6-5-9-17(11-12,20-4)16(18)15-8-7-14(19-3)10-13(15)2/h7-8,10,12,16,18H,5-6,9,11H2,1-4H3. The van der Waals surface area contributed by atoms with E-state index in [2.05, 4.69) is 6.92 Å². The van der Waals surface area contributed by atoms with E-state index in [9.17, 15) is 5.11 Å². The molecule has 1 N–H and O–H groups in total. The molecule has 3 atom stereocenters. The Morgan fingerprint density at radius 3 is 2.65 bits per heavy atom. The Hall–Kier alpha value is -1.06. The summed E-state index contributed by atoms with van der Waals surface area (Å²) >= 11 is 0. The SMILES string of the molecule is COc1ccc(C(O)C2(OC)CCCC(C)C2)c(C)c1. The lowest BCUT2D eigenvalue weighted by atomic mass is 9.73. The summed E-state index contributed by atoms with van der Waals surface area (Å²) in [5.41, 5.74) is 1.55. The smallest absolute Gasteiger partial charge is 0.119 e. The molecule has 1 aromatic rings. The van der Waals surface area contributed by atoms with Crippen LogP contribution in [0.4, 0.5) is 0 Å². The van der Waals surface area contributed by atoms with Gasteiger partial charge in [0.15, 0.2) is 0 Å². The lowest BCUT2D eigenvalue weighted by Crippen LogP contribution is -2.43. The molecule has 2 rings (SSSR count). The van der Waals surface area contributed by atoms with E-state index in [0.29, 0.717) is 5.92 Å². The van der Waals surface area contributed by atoms with E-state index in [4.69, 9.17) is 9.47 Å². The predicted octanol–water partition coefficient (Wildman–Crippen LogP) is 3.63. The van der Waals surface area contributed by atoms with Crippen molar-refractivity contribution < 1.29 is 14.6 Å². The first-order valence-corrected chi connectivity index (χ1v) is 7.40. The van der Waals surface area contributed by atoms with Crippen molar-refractivity contribution in [3.8, 4) is 5.75 Å². The molecule has 3 nitrogen and oxygen atoms in total. The Kier molecular flexibility index (Phi) is 4.71. The topological polar surface area (TPSA) is 38.7 Å². The van der Waals surface area contributed by atoms with Crippen LogP contribution >= 0.6 is 0 Å². The fourth-order valence-corrected chi connectivity index (χ4v) is 3.45. The lowest BCUT2D eigenvalue weighted by Gasteiger charge is -2.42. The quantitative estimate of drug-likeness (QED) is 0.914. The van der Waals surface area contributed by atoms with E-state index >= 15 is 0 Å². The van der Waals surface area contributed by atoms with Gasteiger partial charge in [0, 0.05) is 7.11 Å². The van der Waals surface area contributed by atoms with Gasteiger partial charge in [0.25, 0.3) is 0 Å². The van der Waals surface area contributed by atoms with Gasteiger partial charge in [-0.05, 0) is 48.9 Å². The number of aliphatic hydroxyl groups is 1. The third kappa shape index (κ3) is 2.84. The molecule has 0 radical (unpaired) electrons. The third-order valence-corrected chi connectivity index (χ3v) is 4.67. The maximum absolute atomic E-state index is 10.9. The van der Waals surface area contributed by atoms with Gasteiger partial charge in [0.05, 0.1) is 12.7 Å². The van der Waals surface area contributed by atoms with Gasteiger partial charge in [-0.25, -0.2) is 0 Å². The van der Waals surface area contributed by atoms with E-state index in [1.165, 1.54) is 6.42 Å². The van der Waals surface area contributed by atoms with Gasteiger partial charge >= 0.3 is 0 Å². The molecule has 0 spiro atoms. The van der Waals surface area contributed by atoms with Crippen LogP contribution in [0.5, 0.6) is 5.75 Å². The number of hydrogen-bond acceptors (Lipinski definition) is 3. The molecule has 112 valence electrons. The van der Waals surface area contributed by atoms with Crippen LogP contribution in [0.25, 0.3) is 0 Å². The third-order valence-electron chi connectivity index (χ3n) is 4.67. The van der Waals surface area contributed by atoms with E-state index in [-0.39, 0.29) is 0 Å². The summed E-state index contributed by atoms with van der Waals surface area (Å²) in [5, 5.41) is 10.9. The Bertz CT molecular complexity index is 458. The first-order valence-electron chi connectivity index (χ1n) is 7.40. The summed E-state index contributed by atoms with van der Waals surface area (Å²) in [6.07, 6.45) is 3.58. The summed E-state index contributed by atoms with van der Waals surface area (Å²) < 4.78 is 11.0. The van der Waals surface area contributed by atoms with E-state index in [1.54, 1.807) is 14.2 Å². The van der Waals surface area contributed by atoms with Gasteiger partial charge in [-0.3, -0.25) is 0 Å². The Morgan fingerprint density at radius 2 is 2.10 bits per heavy atom. The molecule has 0 heterocycles. The fourth-order valence-electron chi connectivity index (χ4n) is 3.45. The molecule has 1 saturated carbocycles. The fraction of sp³-hybridized carbons (Fsp3) is 0.647. The molecular formula is C17H26O3. The molecule has 20 heavy (non-hydrogen) atoms. The Morgan fingerprint density at radius 1 is 1.35 bits per heavy atom. The second kappa shape index (κ2) is 6.15. The highest BCUT2D eigenvalue weighted by molar-refractivity contribution is 5.37. The van der Waals surface area contributed by atoms with Crippen LogP contribution in [0.1, 0.15) is 49.8 Å². The van der Waals surface area contributed by atoms with Crippen LogP contribution in [0.15, 0.2) is 18.2 Å². The lowest BCUT2D eigenvalue weighted by molar-refractivity contribution is -0.134. The minimum Gasteiger partial charge on any atom is -0.497 e. The van der Waals surface area contributed by atoms with E-state index in [1.807, 2.05) is 25.1 Å². The van der Waals surface area contributed by atoms with Crippen molar-refractivity contribution in [3.05, 3.63) is 29.3 Å². The zero-order valence-corrected chi connectivity index (χ0v) is 13.0. The molecule has 0 saturated heterocycles. The van der Waals surface area contributed by atoms with Crippen molar-refractivity contribution in [3.63, 3.8) is 0 Å². The molecule has 1 aliphatic rings. The molecule has 3 unspecified atom stereocenters. The van der Waals surface area contributed by atoms with Crippen LogP contribution in [0.2, 0.25) is 0 Å². The van der Waals surface area contributed by atoms with Crippen LogP contribution < -0.4 is 4.74 Å². The summed E-state index contributed by atoms with van der Waals surface area (Å²) in [6.45, 7) is 4.25. The molecule has 0 aliphatic heterocycles. The minimum atomic E-state index is -0.582. The summed E-state index contributed by atoms with van der Waals surface area (Å²) in [7, 11) is 3.38. The van der Waals surface area contributed by atoms with Crippen molar-refractivity contribution >= 4 is 0 Å². The number of aryl methyl sites for hydroxylation is 1. The zero-order valence-electron chi connectivity index (χ0n) is 13.0. The number of methoxy groups -OCH3 is 2. The van der Waals surface area contributed by atoms with Gasteiger partial charge in [0.1, 0.15) is 11.9 Å². The Labute approximate surface area is 121 Å². The highest BCUT2D eigenvalue weighted by Crippen LogP contribution is 2.44. The number of hydrogen-bond donors (Lipinski definition) is 1. The first kappa shape index (κ1) is 15.3. The van der Waals surface area contributed by atoms with Crippen LogP contribution in [-0.2, 0) is 4.74 Å². The summed E-state index contributed by atoms with van der Waals surface area (Å²) in [6, 6.07) is 5.83. The summed E-state index contributed by atoms with van der Waals surface area (Å²) in [5.74, 6) is 1.42. The monoisotopic (exact) mass is 278 g/mol. The molecule has 0 aromatic heterocycles. The van der Waals surface area contributed by atoms with Crippen LogP contribution in [-0.4, -0.2) is 24.9 Å². The van der Waals surface area contributed by atoms with Gasteiger partial charge < -0.3 is 14.6 Å². The second-order valence-electron chi connectivity index (χ2n) is 6.10. The molecule has 1 aliphatic carbocycles. The van der Waals surface area contributed by atoms with E-state index in [0.717, 1.165) is 36.1 Å². The summed E-state index contributed by atoms with van der Waals surface area (Å²) in [4.78, 5) is 0. The predicted molar refractivity (Wildman–Crippen MR) is 80.1 cm³/mol. The van der Waals surface area contributed by atoms with Gasteiger partial charge in [-0.15, -0.1) is 0 Å². The largest absolute Gasteiger partial charge is 0.497 e. The molecule has 0 bridgehead atoms. The Balaban J connectivity index is 2.30. The molecule has 1 fully saturated rings. The van der Waals surface area contributed by atoms with Crippen LogP contribution in [0.3, 0.4) is 0 Å². The number of benzene rings is 1. The molecular weight excluding hydrogens is 252 g/mol. The van der Waals surface area contributed by atoms with Gasteiger partial charge in [0.2, 0.25) is 0 Å². The number of rotatable bonds is 4. The second-order valence-corrected chi connectivity index (χ2v) is 6.10. The maximum Gasteiger partial charge on any atom is 0.119 e. The normalized spacial score (nSPS) is 28.1. The van der Waals surface area contributed by atoms with Crippen molar-refractivity contribution in [2.45, 2.75) is 51.2 Å². The number of aliphatic hydroxyl groups excluding tert-OH is 1. The minimum absolute atomic E-state index is 0.447. The maximum atomic E-state index is 10.9. The van der Waals surface area contributed by atoms with Crippen LogP contribution in [0, 0.1) is 12.8 Å². The molecule has 3 heteroatoms. The van der Waals surface area contributed by atoms with Gasteiger partial charge in [-0.2, -0.15) is 0 Å². The average Bonchev–Trinajstić information content (AvgIpc) is 2.46. The first-order chi connectivity index (χ1) is 9.52. The highest BCUT2D eigenvalue weighted by atomic mass is 16.5. The number of ether oxygens (including phenoxy) is 2. The highest BCUT2D eigenvalue weighted by Gasteiger charge is 2.42. The molecule has 0 amide bonds. The van der Waals surface area contributed by atoms with Crippen molar-refractivity contribution in [1.29, 1.82) is 0 Å². The van der Waals surface area contributed by atoms with Crippen molar-refractivity contribution in [2.75, 3.05) is 14.2 Å². The average molecular weight is 278 g/mol. The van der Waals surface area contributed by atoms with Crippen molar-refractivity contribution in [2.24, 2.45) is 5.92 Å². The van der Waals surface area contributed by atoms with E-state index < -0.39 is 11.7 Å². The zero-order chi connectivity index (χ0) is 14.8. The van der Waals surface area contributed by atoms with Gasteiger partial charge in [-0.1, -0.05) is 25.8 Å². The molecule has 1 aromatic carbocycles. The van der Waals surface area contributed by atoms with Crippen molar-refractivity contribution in [1.82, 2.24) is 0 Å².